The molecule has 136 valence electrons. The SMILES string of the molecule is COC(=O)CC(C)(C)Cc1nc(CCCCNc2ccccn2)no1. The molecule has 2 aromatic rings. The molecule has 0 spiro atoms. The summed E-state index contributed by atoms with van der Waals surface area (Å²) in [5.41, 5.74) is -0.274. The largest absolute Gasteiger partial charge is 0.469 e. The van der Waals surface area contributed by atoms with Crippen molar-refractivity contribution in [1.82, 2.24) is 15.1 Å². The van der Waals surface area contributed by atoms with Crippen molar-refractivity contribution in [3.8, 4) is 0 Å². The van der Waals surface area contributed by atoms with Crippen LogP contribution in [0.5, 0.6) is 0 Å². The molecule has 25 heavy (non-hydrogen) atoms. The molecular formula is C18H26N4O3. The third kappa shape index (κ3) is 6.91. The van der Waals surface area contributed by atoms with Gasteiger partial charge in [0, 0.05) is 25.6 Å². The zero-order valence-corrected chi connectivity index (χ0v) is 15.1. The predicted molar refractivity (Wildman–Crippen MR) is 94.1 cm³/mol. The van der Waals surface area contributed by atoms with Gasteiger partial charge in [-0.3, -0.25) is 4.79 Å². The second kappa shape index (κ2) is 9.15. The fourth-order valence-corrected chi connectivity index (χ4v) is 2.49. The van der Waals surface area contributed by atoms with Crippen molar-refractivity contribution in [3.63, 3.8) is 0 Å². The Balaban J connectivity index is 1.69. The van der Waals surface area contributed by atoms with Crippen LogP contribution in [0.25, 0.3) is 0 Å². The van der Waals surface area contributed by atoms with Crippen molar-refractivity contribution in [2.75, 3.05) is 19.0 Å². The molecule has 0 amide bonds. The minimum absolute atomic E-state index is 0.231. The molecule has 0 unspecified atom stereocenters. The number of methoxy groups -OCH3 is 1. The summed E-state index contributed by atoms with van der Waals surface area (Å²) in [5.74, 6) is 1.93. The Morgan fingerprint density at radius 1 is 1.32 bits per heavy atom. The number of aromatic nitrogens is 3. The van der Waals surface area contributed by atoms with E-state index in [9.17, 15) is 4.79 Å². The van der Waals surface area contributed by atoms with Gasteiger partial charge in [-0.15, -0.1) is 0 Å². The minimum atomic E-state index is -0.274. The number of anilines is 1. The van der Waals surface area contributed by atoms with Gasteiger partial charge < -0.3 is 14.6 Å². The molecule has 0 aliphatic carbocycles. The monoisotopic (exact) mass is 346 g/mol. The Bertz CT molecular complexity index is 655. The first kappa shape index (κ1) is 18.9. The van der Waals surface area contributed by atoms with Crippen molar-refractivity contribution in [1.29, 1.82) is 0 Å². The lowest BCUT2D eigenvalue weighted by atomic mass is 9.86. The highest BCUT2D eigenvalue weighted by atomic mass is 16.5. The first-order valence-electron chi connectivity index (χ1n) is 8.52. The van der Waals surface area contributed by atoms with Crippen LogP contribution in [0.3, 0.4) is 0 Å². The average molecular weight is 346 g/mol. The summed E-state index contributed by atoms with van der Waals surface area (Å²) in [7, 11) is 1.39. The third-order valence-corrected chi connectivity index (χ3v) is 3.79. The standard InChI is InChI=1S/C18H26N4O3/c1-18(2,13-17(23)24-3)12-16-21-15(22-25-16)9-5-7-11-20-14-8-4-6-10-19-14/h4,6,8,10H,5,7,9,11-13H2,1-3H3,(H,19,20). The quantitative estimate of drug-likeness (QED) is 0.522. The molecule has 0 aromatic carbocycles. The van der Waals surface area contributed by atoms with E-state index in [2.05, 4.69) is 20.4 Å². The van der Waals surface area contributed by atoms with Gasteiger partial charge in [-0.05, 0) is 30.4 Å². The zero-order chi connectivity index (χ0) is 18.1. The van der Waals surface area contributed by atoms with E-state index >= 15 is 0 Å². The molecule has 7 heteroatoms. The molecule has 0 saturated heterocycles. The van der Waals surface area contributed by atoms with E-state index in [-0.39, 0.29) is 11.4 Å². The molecule has 0 saturated carbocycles. The number of unbranched alkanes of at least 4 members (excludes halogenated alkanes) is 1. The van der Waals surface area contributed by atoms with E-state index in [0.717, 1.165) is 31.6 Å². The minimum Gasteiger partial charge on any atom is -0.469 e. The number of pyridine rings is 1. The van der Waals surface area contributed by atoms with E-state index in [4.69, 9.17) is 9.26 Å². The Morgan fingerprint density at radius 2 is 2.16 bits per heavy atom. The molecule has 0 fully saturated rings. The lowest BCUT2D eigenvalue weighted by Gasteiger charge is -2.20. The van der Waals surface area contributed by atoms with Gasteiger partial charge in [0.05, 0.1) is 13.5 Å². The van der Waals surface area contributed by atoms with Crippen LogP contribution < -0.4 is 5.32 Å². The lowest BCUT2D eigenvalue weighted by molar-refractivity contribution is -0.142. The van der Waals surface area contributed by atoms with Crippen molar-refractivity contribution in [2.24, 2.45) is 5.41 Å². The summed E-state index contributed by atoms with van der Waals surface area (Å²) in [6, 6.07) is 5.80. The Kier molecular flexibility index (Phi) is 6.91. The number of hydrogen-bond acceptors (Lipinski definition) is 7. The van der Waals surface area contributed by atoms with Crippen LogP contribution >= 0.6 is 0 Å². The topological polar surface area (TPSA) is 90.1 Å². The fraction of sp³-hybridized carbons (Fsp3) is 0.556. The van der Waals surface area contributed by atoms with Crippen molar-refractivity contribution in [2.45, 2.75) is 46.0 Å². The predicted octanol–water partition coefficient (Wildman–Crippen LogP) is 3.03. The number of nitrogens with zero attached hydrogens (tertiary/aromatic N) is 3. The number of carbonyl (C=O) groups is 1. The highest BCUT2D eigenvalue weighted by Crippen LogP contribution is 2.25. The maximum absolute atomic E-state index is 11.4. The maximum atomic E-state index is 11.4. The summed E-state index contributed by atoms with van der Waals surface area (Å²) in [4.78, 5) is 20.1. The molecule has 1 N–H and O–H groups in total. The van der Waals surface area contributed by atoms with E-state index < -0.39 is 0 Å². The fourth-order valence-electron chi connectivity index (χ4n) is 2.49. The van der Waals surface area contributed by atoms with Crippen LogP contribution in [-0.4, -0.2) is 34.7 Å². The number of hydrogen-bond donors (Lipinski definition) is 1. The van der Waals surface area contributed by atoms with Gasteiger partial charge in [0.25, 0.3) is 0 Å². The number of carbonyl (C=O) groups excluding carboxylic acids is 1. The molecule has 0 aliphatic rings. The highest BCUT2D eigenvalue weighted by Gasteiger charge is 2.26. The van der Waals surface area contributed by atoms with Gasteiger partial charge >= 0.3 is 5.97 Å². The number of ether oxygens (including phenoxy) is 1. The van der Waals surface area contributed by atoms with Crippen LogP contribution in [0.15, 0.2) is 28.9 Å². The molecule has 7 nitrogen and oxygen atoms in total. The Labute approximate surface area is 148 Å². The zero-order valence-electron chi connectivity index (χ0n) is 15.1. The summed E-state index contributed by atoms with van der Waals surface area (Å²) >= 11 is 0. The van der Waals surface area contributed by atoms with E-state index in [1.165, 1.54) is 7.11 Å². The van der Waals surface area contributed by atoms with Gasteiger partial charge in [-0.25, -0.2) is 4.98 Å². The van der Waals surface area contributed by atoms with Gasteiger partial charge in [0.15, 0.2) is 5.82 Å². The second-order valence-corrected chi connectivity index (χ2v) is 6.80. The van der Waals surface area contributed by atoms with Gasteiger partial charge in [0.1, 0.15) is 5.82 Å². The smallest absolute Gasteiger partial charge is 0.306 e. The van der Waals surface area contributed by atoms with Crippen LogP contribution in [0.2, 0.25) is 0 Å². The molecule has 0 aliphatic heterocycles. The molecule has 2 heterocycles. The Hall–Kier alpha value is -2.44. The van der Waals surface area contributed by atoms with E-state index in [1.54, 1.807) is 6.20 Å². The van der Waals surface area contributed by atoms with Crippen molar-refractivity contribution >= 4 is 11.8 Å². The summed E-state index contributed by atoms with van der Waals surface area (Å²) < 4.78 is 10.0. The van der Waals surface area contributed by atoms with Crippen LogP contribution in [0.1, 0.15) is 44.8 Å². The first-order chi connectivity index (χ1) is 12.0. The first-order valence-corrected chi connectivity index (χ1v) is 8.52. The third-order valence-electron chi connectivity index (χ3n) is 3.79. The number of aryl methyl sites for hydroxylation is 1. The van der Waals surface area contributed by atoms with Crippen LogP contribution in [0, 0.1) is 5.41 Å². The molecule has 0 atom stereocenters. The molecule has 0 radical (unpaired) electrons. The number of nitrogens with one attached hydrogen (secondary N) is 1. The normalized spacial score (nSPS) is 11.3. The summed E-state index contributed by atoms with van der Waals surface area (Å²) in [6.07, 6.45) is 5.37. The van der Waals surface area contributed by atoms with Gasteiger partial charge in [-0.1, -0.05) is 25.1 Å². The number of esters is 1. The molecule has 2 aromatic heterocycles. The summed E-state index contributed by atoms with van der Waals surface area (Å²) in [5, 5.41) is 7.29. The Morgan fingerprint density at radius 3 is 2.88 bits per heavy atom. The number of rotatable bonds is 10. The van der Waals surface area contributed by atoms with E-state index in [1.807, 2.05) is 32.0 Å². The van der Waals surface area contributed by atoms with Gasteiger partial charge in [-0.2, -0.15) is 4.98 Å². The summed E-state index contributed by atoms with van der Waals surface area (Å²) in [6.45, 7) is 4.82. The van der Waals surface area contributed by atoms with Crippen molar-refractivity contribution in [3.05, 3.63) is 36.1 Å². The molecular weight excluding hydrogens is 320 g/mol. The van der Waals surface area contributed by atoms with E-state index in [0.29, 0.717) is 24.6 Å². The molecule has 2 rings (SSSR count). The second-order valence-electron chi connectivity index (χ2n) is 6.80. The van der Waals surface area contributed by atoms with Crippen LogP contribution in [-0.2, 0) is 22.4 Å². The van der Waals surface area contributed by atoms with Gasteiger partial charge in [0.2, 0.25) is 5.89 Å². The van der Waals surface area contributed by atoms with Crippen LogP contribution in [0.4, 0.5) is 5.82 Å². The average Bonchev–Trinajstić information content (AvgIpc) is 3.01. The highest BCUT2D eigenvalue weighted by molar-refractivity contribution is 5.69. The lowest BCUT2D eigenvalue weighted by Crippen LogP contribution is -2.21. The van der Waals surface area contributed by atoms with Crippen molar-refractivity contribution < 1.29 is 14.1 Å². The maximum Gasteiger partial charge on any atom is 0.306 e. The molecule has 0 bridgehead atoms.